The molecule has 0 amide bonds. The number of benzene rings is 1. The first kappa shape index (κ1) is 11.9. The van der Waals surface area contributed by atoms with E-state index in [-0.39, 0.29) is 0 Å². The molecule has 0 spiro atoms. The smallest absolute Gasteiger partial charge is 0.133 e. The van der Waals surface area contributed by atoms with Crippen molar-refractivity contribution in [2.45, 2.75) is 38.1 Å². The lowest BCUT2D eigenvalue weighted by Crippen LogP contribution is -2.37. The Bertz CT molecular complexity index is 670. The van der Waals surface area contributed by atoms with Gasteiger partial charge in [-0.1, -0.05) is 18.2 Å². The molecule has 0 atom stereocenters. The highest BCUT2D eigenvalue weighted by molar-refractivity contribution is 5.83. The van der Waals surface area contributed by atoms with Crippen LogP contribution in [0.1, 0.15) is 31.2 Å². The van der Waals surface area contributed by atoms with Crippen molar-refractivity contribution >= 4 is 22.5 Å². The molecule has 0 unspecified atom stereocenters. The lowest BCUT2D eigenvalue weighted by Gasteiger charge is -2.32. The largest absolute Gasteiger partial charge is 0.353 e. The van der Waals surface area contributed by atoms with Crippen LogP contribution in [0.15, 0.2) is 30.3 Å². The van der Waals surface area contributed by atoms with E-state index >= 15 is 0 Å². The second-order valence-electron chi connectivity index (χ2n) is 5.88. The molecule has 4 rings (SSSR count). The van der Waals surface area contributed by atoms with E-state index in [1.54, 1.807) is 0 Å². The van der Waals surface area contributed by atoms with E-state index in [2.05, 4.69) is 29.2 Å². The third-order valence-corrected chi connectivity index (χ3v) is 4.63. The van der Waals surface area contributed by atoms with Gasteiger partial charge in [-0.25, -0.2) is 4.98 Å². The van der Waals surface area contributed by atoms with Crippen molar-refractivity contribution in [2.75, 3.05) is 11.4 Å². The van der Waals surface area contributed by atoms with Crippen LogP contribution in [-0.4, -0.2) is 23.4 Å². The summed E-state index contributed by atoms with van der Waals surface area (Å²) in [5.41, 5.74) is 2.44. The molecule has 3 nitrogen and oxygen atoms in total. The van der Waals surface area contributed by atoms with Crippen LogP contribution >= 0.6 is 0 Å². The Morgan fingerprint density at radius 2 is 1.90 bits per heavy atom. The molecule has 3 heteroatoms. The Kier molecular flexibility index (Phi) is 2.72. The lowest BCUT2D eigenvalue weighted by molar-refractivity contribution is -0.120. The van der Waals surface area contributed by atoms with Crippen LogP contribution in [0.3, 0.4) is 0 Å². The summed E-state index contributed by atoms with van der Waals surface area (Å²) in [7, 11) is 0. The second kappa shape index (κ2) is 4.58. The van der Waals surface area contributed by atoms with E-state index in [1.165, 1.54) is 10.9 Å². The number of rotatable bonds is 1. The van der Waals surface area contributed by atoms with Gasteiger partial charge < -0.3 is 4.90 Å². The molecule has 2 heterocycles. The van der Waals surface area contributed by atoms with Gasteiger partial charge in [0.05, 0.1) is 5.52 Å². The van der Waals surface area contributed by atoms with Crippen molar-refractivity contribution in [2.24, 2.45) is 0 Å². The molecule has 0 radical (unpaired) electrons. The third-order valence-electron chi connectivity index (χ3n) is 4.63. The molecule has 1 fully saturated rings. The summed E-state index contributed by atoms with van der Waals surface area (Å²) in [6.07, 6.45) is 4.55. The van der Waals surface area contributed by atoms with Crippen LogP contribution in [0, 0.1) is 0 Å². The predicted molar refractivity (Wildman–Crippen MR) is 80.1 cm³/mol. The summed E-state index contributed by atoms with van der Waals surface area (Å²) < 4.78 is 0. The molecule has 0 N–H and O–H groups in total. The molecular formula is C17H18N2O. The molecule has 0 saturated heterocycles. The van der Waals surface area contributed by atoms with Gasteiger partial charge in [0.25, 0.3) is 0 Å². The van der Waals surface area contributed by atoms with E-state index in [4.69, 9.17) is 4.98 Å². The average Bonchev–Trinajstić information content (AvgIpc) is 2.88. The Balaban J connectivity index is 1.70. The summed E-state index contributed by atoms with van der Waals surface area (Å²) in [4.78, 5) is 18.7. The van der Waals surface area contributed by atoms with Crippen LogP contribution in [0.25, 0.3) is 10.9 Å². The number of nitrogens with zero attached hydrogens (tertiary/aromatic N) is 2. The number of hydrogen-bond donors (Lipinski definition) is 0. The topological polar surface area (TPSA) is 33.2 Å². The predicted octanol–water partition coefficient (Wildman–Crippen LogP) is 3.11. The Morgan fingerprint density at radius 3 is 2.75 bits per heavy atom. The normalized spacial score (nSPS) is 19.6. The van der Waals surface area contributed by atoms with Crippen molar-refractivity contribution in [1.82, 2.24) is 4.98 Å². The first-order valence-corrected chi connectivity index (χ1v) is 7.48. The maximum absolute atomic E-state index is 11.4. The number of aromatic nitrogens is 1. The molecule has 0 bridgehead atoms. The maximum atomic E-state index is 11.4. The minimum absolute atomic E-state index is 0.423. The molecule has 1 aliphatic carbocycles. The number of carbonyl (C=O) groups excluding carboxylic acids is 1. The lowest BCUT2D eigenvalue weighted by atomic mass is 9.93. The monoisotopic (exact) mass is 266 g/mol. The zero-order valence-electron chi connectivity index (χ0n) is 11.5. The van der Waals surface area contributed by atoms with Gasteiger partial charge in [0.15, 0.2) is 0 Å². The van der Waals surface area contributed by atoms with Gasteiger partial charge in [-0.05, 0) is 37.0 Å². The molecule has 2 aromatic rings. The number of hydrogen-bond acceptors (Lipinski definition) is 3. The number of fused-ring (bicyclic) bond motifs is 2. The number of pyridine rings is 1. The van der Waals surface area contributed by atoms with Gasteiger partial charge in [0.1, 0.15) is 11.6 Å². The summed E-state index contributed by atoms with van der Waals surface area (Å²) >= 11 is 0. The molecule has 1 aromatic heterocycles. The van der Waals surface area contributed by atoms with Crippen LogP contribution in [0.2, 0.25) is 0 Å². The van der Waals surface area contributed by atoms with Crippen LogP contribution in [-0.2, 0) is 11.2 Å². The van der Waals surface area contributed by atoms with Crippen molar-refractivity contribution < 1.29 is 4.79 Å². The molecule has 2 aliphatic rings. The van der Waals surface area contributed by atoms with Gasteiger partial charge in [0.2, 0.25) is 0 Å². The van der Waals surface area contributed by atoms with E-state index in [0.29, 0.717) is 11.8 Å². The number of para-hydroxylation sites is 1. The molecule has 1 aliphatic heterocycles. The SMILES string of the molecule is O=C1CCC(N2CCc3cc4ccccc4nc32)CC1. The number of Topliss-reactive ketones (excluding diaryl/α,β-unsaturated/α-hetero) is 1. The van der Waals surface area contributed by atoms with Crippen molar-refractivity contribution in [1.29, 1.82) is 0 Å². The zero-order chi connectivity index (χ0) is 13.5. The standard InChI is InChI=1S/C17H18N2O/c20-15-7-5-14(6-8-15)19-10-9-13-11-12-3-1-2-4-16(12)18-17(13)19/h1-4,11,14H,5-10H2. The Labute approximate surface area is 118 Å². The van der Waals surface area contributed by atoms with Gasteiger partial charge in [-0.2, -0.15) is 0 Å². The van der Waals surface area contributed by atoms with Crippen molar-refractivity contribution in [3.63, 3.8) is 0 Å². The summed E-state index contributed by atoms with van der Waals surface area (Å²) in [6.45, 7) is 1.05. The third kappa shape index (κ3) is 1.89. The summed E-state index contributed by atoms with van der Waals surface area (Å²) in [6, 6.07) is 11.1. The molecule has 20 heavy (non-hydrogen) atoms. The quantitative estimate of drug-likeness (QED) is 0.795. The van der Waals surface area contributed by atoms with E-state index in [0.717, 1.165) is 50.0 Å². The number of anilines is 1. The highest BCUT2D eigenvalue weighted by Crippen LogP contribution is 2.34. The van der Waals surface area contributed by atoms with Gasteiger partial charge in [-0.15, -0.1) is 0 Å². The van der Waals surface area contributed by atoms with Gasteiger partial charge >= 0.3 is 0 Å². The highest BCUT2D eigenvalue weighted by atomic mass is 16.1. The average molecular weight is 266 g/mol. The van der Waals surface area contributed by atoms with Crippen LogP contribution < -0.4 is 4.90 Å². The van der Waals surface area contributed by atoms with E-state index < -0.39 is 0 Å². The van der Waals surface area contributed by atoms with E-state index in [9.17, 15) is 4.79 Å². The fourth-order valence-corrected chi connectivity index (χ4v) is 3.52. The first-order chi connectivity index (χ1) is 9.81. The molecular weight excluding hydrogens is 248 g/mol. The maximum Gasteiger partial charge on any atom is 0.133 e. The van der Waals surface area contributed by atoms with Crippen LogP contribution in [0.4, 0.5) is 5.82 Å². The number of carbonyl (C=O) groups is 1. The second-order valence-corrected chi connectivity index (χ2v) is 5.88. The Hall–Kier alpha value is -1.90. The molecule has 102 valence electrons. The Morgan fingerprint density at radius 1 is 1.10 bits per heavy atom. The van der Waals surface area contributed by atoms with Crippen molar-refractivity contribution in [3.8, 4) is 0 Å². The van der Waals surface area contributed by atoms with Crippen LogP contribution in [0.5, 0.6) is 0 Å². The number of ketones is 1. The van der Waals surface area contributed by atoms with Crippen molar-refractivity contribution in [3.05, 3.63) is 35.9 Å². The van der Waals surface area contributed by atoms with Gasteiger partial charge in [0, 0.05) is 30.8 Å². The zero-order valence-corrected chi connectivity index (χ0v) is 11.5. The molecule has 1 aromatic carbocycles. The highest BCUT2D eigenvalue weighted by Gasteiger charge is 2.30. The van der Waals surface area contributed by atoms with E-state index in [1.807, 2.05) is 6.07 Å². The summed E-state index contributed by atoms with van der Waals surface area (Å²) in [5.74, 6) is 1.58. The fourth-order valence-electron chi connectivity index (χ4n) is 3.52. The fraction of sp³-hybridized carbons (Fsp3) is 0.412. The minimum atomic E-state index is 0.423. The first-order valence-electron chi connectivity index (χ1n) is 7.48. The van der Waals surface area contributed by atoms with Gasteiger partial charge in [-0.3, -0.25) is 4.79 Å². The molecule has 1 saturated carbocycles. The summed E-state index contributed by atoms with van der Waals surface area (Å²) in [5, 5.41) is 1.23. The minimum Gasteiger partial charge on any atom is -0.353 e.